The Labute approximate surface area is 102 Å². The summed E-state index contributed by atoms with van der Waals surface area (Å²) in [4.78, 5) is 2.40. The highest BCUT2D eigenvalue weighted by Gasteiger charge is 2.17. The van der Waals surface area contributed by atoms with Crippen molar-refractivity contribution in [3.63, 3.8) is 0 Å². The molecule has 1 heterocycles. The lowest BCUT2D eigenvalue weighted by Crippen LogP contribution is -2.31. The molecule has 2 nitrogen and oxygen atoms in total. The minimum absolute atomic E-state index is 0.266. The number of halogens is 1. The number of benzene rings is 1. The van der Waals surface area contributed by atoms with E-state index in [2.05, 4.69) is 11.8 Å². The summed E-state index contributed by atoms with van der Waals surface area (Å²) in [5.41, 5.74) is 0.939. The van der Waals surface area contributed by atoms with Crippen molar-refractivity contribution in [2.45, 2.75) is 45.2 Å². The van der Waals surface area contributed by atoms with Gasteiger partial charge < -0.3 is 5.11 Å². The van der Waals surface area contributed by atoms with Gasteiger partial charge in [-0.05, 0) is 44.0 Å². The molecule has 1 unspecified atom stereocenters. The smallest absolute Gasteiger partial charge is 0.165 e. The average Bonchev–Trinajstić information content (AvgIpc) is 2.50. The highest BCUT2D eigenvalue weighted by molar-refractivity contribution is 5.28. The predicted octanol–water partition coefficient (Wildman–Crippen LogP) is 3.30. The van der Waals surface area contributed by atoms with Crippen LogP contribution in [0.3, 0.4) is 0 Å². The van der Waals surface area contributed by atoms with E-state index in [0.29, 0.717) is 6.04 Å². The fourth-order valence-electron chi connectivity index (χ4n) is 2.45. The number of hydrogen-bond donors (Lipinski definition) is 1. The van der Waals surface area contributed by atoms with E-state index in [4.69, 9.17) is 5.11 Å². The zero-order valence-corrected chi connectivity index (χ0v) is 10.3. The van der Waals surface area contributed by atoms with Crippen LogP contribution in [0.5, 0.6) is 5.75 Å². The van der Waals surface area contributed by atoms with Crippen molar-refractivity contribution in [1.82, 2.24) is 4.90 Å². The van der Waals surface area contributed by atoms with Crippen LogP contribution in [0.15, 0.2) is 18.2 Å². The summed E-state index contributed by atoms with van der Waals surface area (Å²) in [6.07, 6.45) is 5.04. The van der Waals surface area contributed by atoms with Crippen LogP contribution < -0.4 is 0 Å². The molecular formula is C14H20FNO. The van der Waals surface area contributed by atoms with Gasteiger partial charge in [0.25, 0.3) is 0 Å². The van der Waals surface area contributed by atoms with Gasteiger partial charge >= 0.3 is 0 Å². The summed E-state index contributed by atoms with van der Waals surface area (Å²) in [7, 11) is 0. The van der Waals surface area contributed by atoms with Crippen LogP contribution in [0.4, 0.5) is 4.39 Å². The third-order valence-electron chi connectivity index (χ3n) is 3.59. The standard InChI is InChI=1S/C14H20FNO/c1-11-5-3-2-4-8-16(11)10-12-6-7-14(17)13(15)9-12/h6-7,9,11,17H,2-5,8,10H2,1H3. The van der Waals surface area contributed by atoms with E-state index < -0.39 is 5.82 Å². The predicted molar refractivity (Wildman–Crippen MR) is 66.4 cm³/mol. The summed E-state index contributed by atoms with van der Waals surface area (Å²) in [5.74, 6) is -0.789. The van der Waals surface area contributed by atoms with Gasteiger partial charge in [0.05, 0.1) is 0 Å². The van der Waals surface area contributed by atoms with Crippen LogP contribution in [0.25, 0.3) is 0 Å². The number of nitrogens with zero attached hydrogens (tertiary/aromatic N) is 1. The van der Waals surface area contributed by atoms with Crippen molar-refractivity contribution in [2.24, 2.45) is 0 Å². The van der Waals surface area contributed by atoms with Gasteiger partial charge in [-0.2, -0.15) is 0 Å². The molecule has 1 aliphatic heterocycles. The summed E-state index contributed by atoms with van der Waals surface area (Å²) in [6, 6.07) is 5.24. The number of phenolic OH excluding ortho intramolecular Hbond substituents is 1. The van der Waals surface area contributed by atoms with E-state index in [9.17, 15) is 4.39 Å². The van der Waals surface area contributed by atoms with Crippen LogP contribution in [-0.2, 0) is 6.54 Å². The SMILES string of the molecule is CC1CCCCCN1Cc1ccc(O)c(F)c1. The molecule has 0 aliphatic carbocycles. The first kappa shape index (κ1) is 12.4. The highest BCUT2D eigenvalue weighted by Crippen LogP contribution is 2.21. The normalized spacial score (nSPS) is 22.4. The Morgan fingerprint density at radius 3 is 2.94 bits per heavy atom. The summed E-state index contributed by atoms with van der Waals surface area (Å²) < 4.78 is 13.2. The molecule has 0 radical (unpaired) electrons. The molecule has 17 heavy (non-hydrogen) atoms. The van der Waals surface area contributed by atoms with Crippen LogP contribution in [0.1, 0.15) is 38.2 Å². The Balaban J connectivity index is 2.05. The Hall–Kier alpha value is -1.09. The van der Waals surface area contributed by atoms with Crippen LogP contribution >= 0.6 is 0 Å². The lowest BCUT2D eigenvalue weighted by molar-refractivity contribution is 0.204. The average molecular weight is 237 g/mol. The third-order valence-corrected chi connectivity index (χ3v) is 3.59. The Kier molecular flexibility index (Phi) is 4.00. The Morgan fingerprint density at radius 1 is 1.35 bits per heavy atom. The van der Waals surface area contributed by atoms with Crippen molar-refractivity contribution in [3.8, 4) is 5.75 Å². The Morgan fingerprint density at radius 2 is 2.18 bits per heavy atom. The molecule has 0 saturated carbocycles. The van der Waals surface area contributed by atoms with E-state index in [1.807, 2.05) is 0 Å². The molecule has 0 aromatic heterocycles. The van der Waals surface area contributed by atoms with Gasteiger partial charge in [-0.25, -0.2) is 4.39 Å². The van der Waals surface area contributed by atoms with E-state index in [1.54, 1.807) is 6.07 Å². The van der Waals surface area contributed by atoms with Gasteiger partial charge in [0, 0.05) is 12.6 Å². The first-order valence-corrected chi connectivity index (χ1v) is 6.38. The lowest BCUT2D eigenvalue weighted by Gasteiger charge is -2.26. The molecule has 1 N–H and O–H groups in total. The van der Waals surface area contributed by atoms with Gasteiger partial charge in [-0.15, -0.1) is 0 Å². The molecule has 0 amide bonds. The number of rotatable bonds is 2. The minimum Gasteiger partial charge on any atom is -0.505 e. The first-order valence-electron chi connectivity index (χ1n) is 6.38. The Bertz CT molecular complexity index is 380. The molecule has 1 fully saturated rings. The molecule has 2 rings (SSSR count). The van der Waals surface area contributed by atoms with Crippen molar-refractivity contribution < 1.29 is 9.50 Å². The zero-order chi connectivity index (χ0) is 12.3. The molecule has 1 aromatic carbocycles. The summed E-state index contributed by atoms with van der Waals surface area (Å²) in [6.45, 7) is 4.10. The van der Waals surface area contributed by atoms with E-state index in [0.717, 1.165) is 18.7 Å². The van der Waals surface area contributed by atoms with Crippen molar-refractivity contribution in [3.05, 3.63) is 29.6 Å². The fourth-order valence-corrected chi connectivity index (χ4v) is 2.45. The molecular weight excluding hydrogens is 217 g/mol. The molecule has 1 saturated heterocycles. The van der Waals surface area contributed by atoms with Gasteiger partial charge in [0.2, 0.25) is 0 Å². The summed E-state index contributed by atoms with van der Waals surface area (Å²) >= 11 is 0. The number of likely N-dealkylation sites (tertiary alicyclic amines) is 1. The summed E-state index contributed by atoms with van der Waals surface area (Å²) in [5, 5.41) is 9.16. The minimum atomic E-state index is -0.523. The molecule has 3 heteroatoms. The van der Waals surface area contributed by atoms with Crippen molar-refractivity contribution >= 4 is 0 Å². The second-order valence-electron chi connectivity index (χ2n) is 4.95. The number of aromatic hydroxyl groups is 1. The van der Waals surface area contributed by atoms with Crippen molar-refractivity contribution in [2.75, 3.05) is 6.54 Å². The molecule has 1 atom stereocenters. The number of phenols is 1. The molecule has 94 valence electrons. The van der Waals surface area contributed by atoms with E-state index >= 15 is 0 Å². The highest BCUT2D eigenvalue weighted by atomic mass is 19.1. The van der Waals surface area contributed by atoms with E-state index in [-0.39, 0.29) is 5.75 Å². The monoisotopic (exact) mass is 237 g/mol. The van der Waals surface area contributed by atoms with Crippen LogP contribution in [0.2, 0.25) is 0 Å². The maximum atomic E-state index is 13.2. The largest absolute Gasteiger partial charge is 0.505 e. The van der Waals surface area contributed by atoms with Crippen LogP contribution in [-0.4, -0.2) is 22.6 Å². The first-order chi connectivity index (χ1) is 8.16. The molecule has 0 spiro atoms. The van der Waals surface area contributed by atoms with Gasteiger partial charge in [0.15, 0.2) is 11.6 Å². The van der Waals surface area contributed by atoms with Gasteiger partial charge in [-0.1, -0.05) is 18.9 Å². The second kappa shape index (κ2) is 5.50. The van der Waals surface area contributed by atoms with E-state index in [1.165, 1.54) is 37.8 Å². The molecule has 1 aliphatic rings. The molecule has 1 aromatic rings. The van der Waals surface area contributed by atoms with Crippen LogP contribution in [0, 0.1) is 5.82 Å². The molecule has 0 bridgehead atoms. The van der Waals surface area contributed by atoms with Gasteiger partial charge in [0.1, 0.15) is 0 Å². The fraction of sp³-hybridized carbons (Fsp3) is 0.571. The maximum absolute atomic E-state index is 13.2. The number of hydrogen-bond acceptors (Lipinski definition) is 2. The van der Waals surface area contributed by atoms with Crippen molar-refractivity contribution in [1.29, 1.82) is 0 Å². The zero-order valence-electron chi connectivity index (χ0n) is 10.3. The maximum Gasteiger partial charge on any atom is 0.165 e. The second-order valence-corrected chi connectivity index (χ2v) is 4.95. The topological polar surface area (TPSA) is 23.5 Å². The third kappa shape index (κ3) is 3.19. The van der Waals surface area contributed by atoms with Gasteiger partial charge in [-0.3, -0.25) is 4.90 Å². The quantitative estimate of drug-likeness (QED) is 0.853. The lowest BCUT2D eigenvalue weighted by atomic mass is 10.1.